The number of hydrogen-bond acceptors (Lipinski definition) is 6. The zero-order chi connectivity index (χ0) is 20.7. The second-order valence-electron chi connectivity index (χ2n) is 5.35. The Morgan fingerprint density at radius 1 is 1.07 bits per heavy atom. The van der Waals surface area contributed by atoms with Gasteiger partial charge in [0, 0.05) is 23.8 Å². The van der Waals surface area contributed by atoms with Crippen molar-refractivity contribution in [2.75, 3.05) is 14.2 Å². The Morgan fingerprint density at radius 3 is 2.29 bits per heavy atom. The second kappa shape index (κ2) is 9.38. The van der Waals surface area contributed by atoms with Gasteiger partial charge in [0.15, 0.2) is 0 Å². The fraction of sp³-hybridized carbons (Fsp3) is 0.111. The molecule has 146 valence electrons. The standard InChI is InChI=1S/C18H16ClN3O6/c1-27-13-8-12(9-14(10-13)28-2)18(24)21-20-17(23)6-4-11-3-5-15(19)16(7-11)22(25)26/h3-10H,1-2H3,(H,20,23)(H,21,24)/b6-4+. The molecule has 2 aromatic carbocycles. The average Bonchev–Trinajstić information content (AvgIpc) is 2.70. The Hall–Kier alpha value is -3.59. The molecule has 2 N–H and O–H groups in total. The highest BCUT2D eigenvalue weighted by Crippen LogP contribution is 2.25. The summed E-state index contributed by atoms with van der Waals surface area (Å²) >= 11 is 5.73. The molecule has 0 fully saturated rings. The summed E-state index contributed by atoms with van der Waals surface area (Å²) < 4.78 is 10.2. The van der Waals surface area contributed by atoms with Gasteiger partial charge in [-0.05, 0) is 29.8 Å². The van der Waals surface area contributed by atoms with Crippen molar-refractivity contribution in [2.24, 2.45) is 0 Å². The number of nitro benzene ring substituents is 1. The number of nitrogens with zero attached hydrogens (tertiary/aromatic N) is 1. The molecule has 0 spiro atoms. The van der Waals surface area contributed by atoms with E-state index in [9.17, 15) is 19.7 Å². The maximum Gasteiger partial charge on any atom is 0.288 e. The fourth-order valence-electron chi connectivity index (χ4n) is 2.12. The fourth-order valence-corrected chi connectivity index (χ4v) is 2.30. The smallest absolute Gasteiger partial charge is 0.288 e. The minimum Gasteiger partial charge on any atom is -0.497 e. The predicted octanol–water partition coefficient (Wildman–Crippen LogP) is 2.74. The average molecular weight is 406 g/mol. The van der Waals surface area contributed by atoms with Crippen molar-refractivity contribution in [3.05, 3.63) is 68.7 Å². The third kappa shape index (κ3) is 5.45. The summed E-state index contributed by atoms with van der Waals surface area (Å²) in [6.45, 7) is 0. The van der Waals surface area contributed by atoms with Gasteiger partial charge in [0.1, 0.15) is 16.5 Å². The van der Waals surface area contributed by atoms with Crippen LogP contribution < -0.4 is 20.3 Å². The number of ether oxygens (including phenoxy) is 2. The number of nitro groups is 1. The van der Waals surface area contributed by atoms with Gasteiger partial charge >= 0.3 is 0 Å². The van der Waals surface area contributed by atoms with E-state index in [4.69, 9.17) is 21.1 Å². The van der Waals surface area contributed by atoms with Gasteiger partial charge in [-0.2, -0.15) is 0 Å². The number of methoxy groups -OCH3 is 2. The van der Waals surface area contributed by atoms with Gasteiger partial charge in [0.2, 0.25) is 0 Å². The first-order valence-corrected chi connectivity index (χ1v) is 8.17. The van der Waals surface area contributed by atoms with Gasteiger partial charge < -0.3 is 9.47 Å². The number of hydrazine groups is 1. The van der Waals surface area contributed by atoms with E-state index in [0.717, 1.165) is 6.08 Å². The molecular formula is C18H16ClN3O6. The molecule has 0 atom stereocenters. The van der Waals surface area contributed by atoms with E-state index in [2.05, 4.69) is 10.9 Å². The lowest BCUT2D eigenvalue weighted by atomic mass is 10.2. The number of benzene rings is 2. The number of halogens is 1. The number of carbonyl (C=O) groups excluding carboxylic acids is 2. The van der Waals surface area contributed by atoms with Gasteiger partial charge in [-0.1, -0.05) is 17.7 Å². The molecule has 2 aromatic rings. The summed E-state index contributed by atoms with van der Waals surface area (Å²) in [7, 11) is 2.90. The minimum atomic E-state index is -0.638. The summed E-state index contributed by atoms with van der Waals surface area (Å²) in [5.74, 6) is -0.387. The van der Waals surface area contributed by atoms with Crippen LogP contribution >= 0.6 is 11.6 Å². The van der Waals surface area contributed by atoms with Gasteiger partial charge in [-0.25, -0.2) is 0 Å². The monoisotopic (exact) mass is 405 g/mol. The van der Waals surface area contributed by atoms with E-state index in [1.807, 2.05) is 0 Å². The van der Waals surface area contributed by atoms with E-state index in [1.165, 1.54) is 50.6 Å². The normalized spacial score (nSPS) is 10.4. The maximum atomic E-state index is 12.2. The van der Waals surface area contributed by atoms with Crippen molar-refractivity contribution in [1.82, 2.24) is 10.9 Å². The third-order valence-corrected chi connectivity index (χ3v) is 3.83. The molecule has 0 aliphatic heterocycles. The van der Waals surface area contributed by atoms with Crippen LogP contribution in [0.5, 0.6) is 11.5 Å². The Kier molecular flexibility index (Phi) is 6.94. The zero-order valence-corrected chi connectivity index (χ0v) is 15.6. The topological polar surface area (TPSA) is 120 Å². The molecule has 28 heavy (non-hydrogen) atoms. The quantitative estimate of drug-likeness (QED) is 0.433. The van der Waals surface area contributed by atoms with Gasteiger partial charge in [0.25, 0.3) is 17.5 Å². The second-order valence-corrected chi connectivity index (χ2v) is 5.75. The largest absolute Gasteiger partial charge is 0.497 e. The highest BCUT2D eigenvalue weighted by atomic mass is 35.5. The lowest BCUT2D eigenvalue weighted by molar-refractivity contribution is -0.384. The molecule has 0 bridgehead atoms. The van der Waals surface area contributed by atoms with Gasteiger partial charge in [-0.3, -0.25) is 30.6 Å². The summed E-state index contributed by atoms with van der Waals surface area (Å²) in [5.41, 5.74) is 4.80. The molecule has 0 saturated carbocycles. The minimum absolute atomic E-state index is 0.00687. The van der Waals surface area contributed by atoms with Crippen molar-refractivity contribution in [3.8, 4) is 11.5 Å². The number of hydrogen-bond donors (Lipinski definition) is 2. The van der Waals surface area contributed by atoms with Crippen molar-refractivity contribution in [3.63, 3.8) is 0 Å². The highest BCUT2D eigenvalue weighted by Gasteiger charge is 2.12. The molecular weight excluding hydrogens is 390 g/mol. The first-order valence-electron chi connectivity index (χ1n) is 7.79. The predicted molar refractivity (Wildman–Crippen MR) is 102 cm³/mol. The zero-order valence-electron chi connectivity index (χ0n) is 14.9. The van der Waals surface area contributed by atoms with E-state index in [0.29, 0.717) is 17.1 Å². The van der Waals surface area contributed by atoms with E-state index >= 15 is 0 Å². The van der Waals surface area contributed by atoms with Gasteiger partial charge in [0.05, 0.1) is 19.1 Å². The summed E-state index contributed by atoms with van der Waals surface area (Å²) in [4.78, 5) is 34.3. The molecule has 9 nitrogen and oxygen atoms in total. The maximum absolute atomic E-state index is 12.2. The molecule has 2 amide bonds. The molecule has 0 aliphatic rings. The Balaban J connectivity index is 2.00. The number of nitrogens with one attached hydrogen (secondary N) is 2. The molecule has 0 heterocycles. The van der Waals surface area contributed by atoms with Crippen LogP contribution in [0.15, 0.2) is 42.5 Å². The third-order valence-electron chi connectivity index (χ3n) is 3.51. The molecule has 0 radical (unpaired) electrons. The van der Waals surface area contributed by atoms with Crippen LogP contribution in [0.25, 0.3) is 6.08 Å². The van der Waals surface area contributed by atoms with E-state index in [-0.39, 0.29) is 16.3 Å². The summed E-state index contributed by atoms with van der Waals surface area (Å²) in [5, 5.41) is 10.9. The molecule has 0 unspecified atom stereocenters. The van der Waals surface area contributed by atoms with E-state index < -0.39 is 16.7 Å². The SMILES string of the molecule is COc1cc(OC)cc(C(=O)NNC(=O)/C=C/c2ccc(Cl)c([N+](=O)[O-])c2)c1. The Bertz CT molecular complexity index is 923. The molecule has 0 saturated heterocycles. The number of amides is 2. The lowest BCUT2D eigenvalue weighted by Crippen LogP contribution is -2.40. The van der Waals surface area contributed by atoms with Crippen molar-refractivity contribution < 1.29 is 24.0 Å². The first kappa shape index (κ1) is 20.7. The van der Waals surface area contributed by atoms with Crippen LogP contribution in [0.3, 0.4) is 0 Å². The molecule has 0 aliphatic carbocycles. The molecule has 0 aromatic heterocycles. The van der Waals surface area contributed by atoms with Crippen molar-refractivity contribution in [1.29, 1.82) is 0 Å². The molecule has 10 heteroatoms. The summed E-state index contributed by atoms with van der Waals surface area (Å²) in [6, 6.07) is 8.66. The van der Waals surface area contributed by atoms with Crippen LogP contribution in [0.4, 0.5) is 5.69 Å². The van der Waals surface area contributed by atoms with Crippen molar-refractivity contribution in [2.45, 2.75) is 0 Å². The van der Waals surface area contributed by atoms with Crippen LogP contribution in [-0.2, 0) is 4.79 Å². The lowest BCUT2D eigenvalue weighted by Gasteiger charge is -2.09. The first-order chi connectivity index (χ1) is 13.3. The highest BCUT2D eigenvalue weighted by molar-refractivity contribution is 6.32. The van der Waals surface area contributed by atoms with Crippen LogP contribution in [0, 0.1) is 10.1 Å². The Labute approximate surface area is 165 Å². The summed E-state index contributed by atoms with van der Waals surface area (Å²) in [6.07, 6.45) is 2.46. The number of rotatable bonds is 6. The van der Waals surface area contributed by atoms with Crippen molar-refractivity contribution >= 4 is 35.2 Å². The van der Waals surface area contributed by atoms with Crippen LogP contribution in [0.1, 0.15) is 15.9 Å². The van der Waals surface area contributed by atoms with E-state index in [1.54, 1.807) is 6.07 Å². The molecule has 2 rings (SSSR count). The van der Waals surface area contributed by atoms with Crippen LogP contribution in [-0.4, -0.2) is 31.0 Å². The van der Waals surface area contributed by atoms with Crippen LogP contribution in [0.2, 0.25) is 5.02 Å². The number of carbonyl (C=O) groups is 2. The van der Waals surface area contributed by atoms with Gasteiger partial charge in [-0.15, -0.1) is 0 Å². The Morgan fingerprint density at radius 2 is 1.71 bits per heavy atom.